The van der Waals surface area contributed by atoms with Crippen molar-refractivity contribution in [2.75, 3.05) is 0 Å². The molecule has 0 saturated heterocycles. The van der Waals surface area contributed by atoms with Gasteiger partial charge in [-0.3, -0.25) is 0 Å². The number of hydrogen-bond acceptors (Lipinski definition) is 2. The number of nitrogens with two attached hydrogens (primary N) is 1. The highest BCUT2D eigenvalue weighted by Gasteiger charge is 2.09. The van der Waals surface area contributed by atoms with Crippen LogP contribution < -0.4 is 10.5 Å². The van der Waals surface area contributed by atoms with E-state index in [1.54, 1.807) is 0 Å². The van der Waals surface area contributed by atoms with Crippen LogP contribution in [0.3, 0.4) is 0 Å². The van der Waals surface area contributed by atoms with Gasteiger partial charge in [0, 0.05) is 16.6 Å². The maximum atomic E-state index is 13.1. The molecule has 0 fully saturated rings. The zero-order valence-corrected chi connectivity index (χ0v) is 13.2. The quantitative estimate of drug-likeness (QED) is 0.841. The van der Waals surface area contributed by atoms with Crippen LogP contribution in [0.25, 0.3) is 0 Å². The van der Waals surface area contributed by atoms with E-state index in [9.17, 15) is 4.39 Å². The third-order valence-electron chi connectivity index (χ3n) is 2.69. The maximum absolute atomic E-state index is 13.1. The first-order valence-corrected chi connectivity index (χ1v) is 7.29. The van der Waals surface area contributed by atoms with E-state index in [0.29, 0.717) is 17.9 Å². The van der Waals surface area contributed by atoms with Gasteiger partial charge in [0.2, 0.25) is 0 Å². The molecule has 0 radical (unpaired) electrons. The van der Waals surface area contributed by atoms with Gasteiger partial charge in [-0.25, -0.2) is 4.39 Å². The van der Waals surface area contributed by atoms with Crippen LogP contribution in [-0.4, -0.2) is 6.04 Å². The molecule has 1 unspecified atom stereocenters. The highest BCUT2D eigenvalue weighted by atomic mass is 79.9. The smallest absolute Gasteiger partial charge is 0.142 e. The average Bonchev–Trinajstić information content (AvgIpc) is 2.37. The molecule has 2 aromatic carbocycles. The Hall–Kier alpha value is -1.10. The predicted octanol–water partition coefficient (Wildman–Crippen LogP) is 4.92. The first kappa shape index (κ1) is 15.3. The maximum Gasteiger partial charge on any atom is 0.142 e. The second-order valence-electron chi connectivity index (χ2n) is 4.61. The van der Waals surface area contributed by atoms with Gasteiger partial charge in [0.15, 0.2) is 0 Å². The molecule has 0 aliphatic heterocycles. The van der Waals surface area contributed by atoms with Gasteiger partial charge in [0.25, 0.3) is 0 Å². The van der Waals surface area contributed by atoms with Crippen LogP contribution >= 0.6 is 27.5 Å². The van der Waals surface area contributed by atoms with E-state index in [1.807, 2.05) is 25.1 Å². The Bertz CT molecular complexity index is 619. The van der Waals surface area contributed by atoms with Gasteiger partial charge in [-0.1, -0.05) is 33.6 Å². The molecule has 0 aliphatic carbocycles. The van der Waals surface area contributed by atoms with Crippen LogP contribution in [0.5, 0.6) is 11.5 Å². The Morgan fingerprint density at radius 3 is 2.70 bits per heavy atom. The molecule has 1 atom stereocenters. The number of rotatable bonds is 4. The standard InChI is InChI=1S/C15H14BrClFNO/c1-9(19)6-10-2-3-11(16)7-15(10)20-12-4-5-14(18)13(17)8-12/h2-5,7-9H,6,19H2,1H3. The van der Waals surface area contributed by atoms with Crippen molar-refractivity contribution in [2.45, 2.75) is 19.4 Å². The first-order valence-electron chi connectivity index (χ1n) is 6.12. The van der Waals surface area contributed by atoms with Crippen molar-refractivity contribution in [1.29, 1.82) is 0 Å². The minimum Gasteiger partial charge on any atom is -0.457 e. The lowest BCUT2D eigenvalue weighted by Crippen LogP contribution is -2.18. The summed E-state index contributed by atoms with van der Waals surface area (Å²) in [6.07, 6.45) is 0.692. The van der Waals surface area contributed by atoms with E-state index in [-0.39, 0.29) is 11.1 Å². The summed E-state index contributed by atoms with van der Waals surface area (Å²) in [6.45, 7) is 1.93. The summed E-state index contributed by atoms with van der Waals surface area (Å²) in [5.41, 5.74) is 6.82. The molecule has 2 N–H and O–H groups in total. The Labute approximate surface area is 130 Å². The average molecular weight is 359 g/mol. The lowest BCUT2D eigenvalue weighted by molar-refractivity contribution is 0.471. The van der Waals surface area contributed by atoms with Gasteiger partial charge in [0.05, 0.1) is 5.02 Å². The van der Waals surface area contributed by atoms with Crippen molar-refractivity contribution in [1.82, 2.24) is 0 Å². The molecule has 0 aliphatic rings. The van der Waals surface area contributed by atoms with Crippen LogP contribution in [0.2, 0.25) is 5.02 Å². The number of halogens is 3. The fourth-order valence-electron chi connectivity index (χ4n) is 1.81. The zero-order valence-electron chi connectivity index (χ0n) is 10.9. The van der Waals surface area contributed by atoms with E-state index < -0.39 is 5.82 Å². The summed E-state index contributed by atoms with van der Waals surface area (Å²) < 4.78 is 19.8. The molecule has 2 aromatic rings. The summed E-state index contributed by atoms with van der Waals surface area (Å²) in [5.74, 6) is 0.698. The van der Waals surface area contributed by atoms with Gasteiger partial charge < -0.3 is 10.5 Å². The monoisotopic (exact) mass is 357 g/mol. The highest BCUT2D eigenvalue weighted by Crippen LogP contribution is 2.31. The van der Waals surface area contributed by atoms with E-state index in [4.69, 9.17) is 22.1 Å². The van der Waals surface area contributed by atoms with Gasteiger partial charge in [-0.15, -0.1) is 0 Å². The molecule has 106 valence electrons. The Morgan fingerprint density at radius 1 is 1.30 bits per heavy atom. The predicted molar refractivity (Wildman–Crippen MR) is 83.0 cm³/mol. The lowest BCUT2D eigenvalue weighted by Gasteiger charge is -2.13. The molecular weight excluding hydrogens is 345 g/mol. The molecular formula is C15H14BrClFNO. The number of benzene rings is 2. The summed E-state index contributed by atoms with van der Waals surface area (Å²) in [7, 11) is 0. The minimum absolute atomic E-state index is 0.0235. The summed E-state index contributed by atoms with van der Waals surface area (Å²) in [5, 5.41) is 0.0336. The molecule has 0 bridgehead atoms. The minimum atomic E-state index is -0.468. The molecule has 2 nitrogen and oxygen atoms in total. The Kier molecular flexibility index (Phi) is 5.02. The van der Waals surface area contributed by atoms with Crippen LogP contribution in [-0.2, 0) is 6.42 Å². The van der Waals surface area contributed by atoms with E-state index in [2.05, 4.69) is 15.9 Å². The van der Waals surface area contributed by atoms with E-state index in [1.165, 1.54) is 18.2 Å². The van der Waals surface area contributed by atoms with Crippen molar-refractivity contribution in [3.05, 3.63) is 57.3 Å². The van der Waals surface area contributed by atoms with Gasteiger partial charge in [0.1, 0.15) is 17.3 Å². The summed E-state index contributed by atoms with van der Waals surface area (Å²) >= 11 is 9.16. The van der Waals surface area contributed by atoms with Crippen molar-refractivity contribution in [3.63, 3.8) is 0 Å². The molecule has 0 saturated carbocycles. The van der Waals surface area contributed by atoms with Crippen molar-refractivity contribution < 1.29 is 9.13 Å². The topological polar surface area (TPSA) is 35.2 Å². The highest BCUT2D eigenvalue weighted by molar-refractivity contribution is 9.10. The zero-order chi connectivity index (χ0) is 14.7. The van der Waals surface area contributed by atoms with Crippen LogP contribution in [0.15, 0.2) is 40.9 Å². The first-order chi connectivity index (χ1) is 9.45. The Morgan fingerprint density at radius 2 is 2.05 bits per heavy atom. The van der Waals surface area contributed by atoms with Crippen LogP contribution in [0, 0.1) is 5.82 Å². The van der Waals surface area contributed by atoms with Gasteiger partial charge >= 0.3 is 0 Å². The third kappa shape index (κ3) is 3.95. The molecule has 2 rings (SSSR count). The SMILES string of the molecule is CC(N)Cc1ccc(Br)cc1Oc1ccc(F)c(Cl)c1. The largest absolute Gasteiger partial charge is 0.457 e. The second kappa shape index (κ2) is 6.57. The normalized spacial score (nSPS) is 12.2. The molecule has 5 heteroatoms. The molecule has 20 heavy (non-hydrogen) atoms. The molecule has 0 spiro atoms. The molecule has 0 amide bonds. The summed E-state index contributed by atoms with van der Waals surface area (Å²) in [6, 6.07) is 10.0. The molecule has 0 heterocycles. The fourth-order valence-corrected chi connectivity index (χ4v) is 2.32. The van der Waals surface area contributed by atoms with Crippen molar-refractivity contribution in [3.8, 4) is 11.5 Å². The van der Waals surface area contributed by atoms with Crippen molar-refractivity contribution in [2.24, 2.45) is 5.73 Å². The van der Waals surface area contributed by atoms with Crippen molar-refractivity contribution >= 4 is 27.5 Å². The number of ether oxygens (including phenoxy) is 1. The van der Waals surface area contributed by atoms with Gasteiger partial charge in [-0.05, 0) is 43.2 Å². The third-order valence-corrected chi connectivity index (χ3v) is 3.47. The Balaban J connectivity index is 2.31. The van der Waals surface area contributed by atoms with Crippen LogP contribution in [0.4, 0.5) is 4.39 Å². The number of hydrogen-bond donors (Lipinski definition) is 1. The molecule has 0 aromatic heterocycles. The van der Waals surface area contributed by atoms with Gasteiger partial charge in [-0.2, -0.15) is 0 Å². The second-order valence-corrected chi connectivity index (χ2v) is 5.93. The summed E-state index contributed by atoms with van der Waals surface area (Å²) in [4.78, 5) is 0. The van der Waals surface area contributed by atoms with E-state index in [0.717, 1.165) is 10.0 Å². The van der Waals surface area contributed by atoms with E-state index >= 15 is 0 Å². The lowest BCUT2D eigenvalue weighted by atomic mass is 10.1. The fraction of sp³-hybridized carbons (Fsp3) is 0.200. The van der Waals surface area contributed by atoms with Crippen LogP contribution in [0.1, 0.15) is 12.5 Å².